The number of hydrogen-bond acceptors (Lipinski definition) is 9. The van der Waals surface area contributed by atoms with Crippen molar-refractivity contribution in [2.45, 2.75) is 62.7 Å². The Morgan fingerprint density at radius 3 is 1.88 bits per heavy atom. The van der Waals surface area contributed by atoms with Gasteiger partial charge < -0.3 is 53.6 Å². The maximum Gasteiger partial charge on any atom is 0.326 e. The number of aliphatic carboxylic acids is 3. The lowest BCUT2D eigenvalue weighted by Gasteiger charge is -2.25. The molecule has 0 aliphatic rings. The molecule has 226 valence electrons. The molecule has 1 aromatic carbocycles. The Morgan fingerprint density at radius 1 is 0.780 bits per heavy atom. The van der Waals surface area contributed by atoms with Crippen LogP contribution in [0.15, 0.2) is 29.3 Å². The molecule has 4 atom stereocenters. The van der Waals surface area contributed by atoms with Crippen LogP contribution < -0.4 is 33.2 Å². The summed E-state index contributed by atoms with van der Waals surface area (Å²) in [7, 11) is 0. The molecule has 0 spiro atoms. The third kappa shape index (κ3) is 13.6. The predicted octanol–water partition coefficient (Wildman–Crippen LogP) is -2.81. The number of carboxylic acids is 3. The molecule has 1 rings (SSSR count). The summed E-state index contributed by atoms with van der Waals surface area (Å²) in [6, 6.07) is -0.311. The summed E-state index contributed by atoms with van der Waals surface area (Å²) in [6.07, 6.45) is -1.82. The maximum absolute atomic E-state index is 13.2. The van der Waals surface area contributed by atoms with Crippen molar-refractivity contribution < 1.29 is 49.2 Å². The lowest BCUT2D eigenvalue weighted by molar-refractivity contribution is -0.143. The molecule has 0 aliphatic heterocycles. The van der Waals surface area contributed by atoms with Gasteiger partial charge in [0.1, 0.15) is 23.9 Å². The number of hydrogen-bond donors (Lipinski definition) is 10. The van der Waals surface area contributed by atoms with Gasteiger partial charge in [-0.3, -0.25) is 29.0 Å². The van der Waals surface area contributed by atoms with E-state index in [4.69, 9.17) is 27.4 Å². The smallest absolute Gasteiger partial charge is 0.326 e. The second-order valence-corrected chi connectivity index (χ2v) is 8.98. The van der Waals surface area contributed by atoms with Crippen LogP contribution >= 0.6 is 0 Å². The van der Waals surface area contributed by atoms with Gasteiger partial charge in [-0.2, -0.15) is 0 Å². The van der Waals surface area contributed by atoms with E-state index in [1.807, 2.05) is 0 Å². The number of guanidine groups is 1. The van der Waals surface area contributed by atoms with E-state index in [-0.39, 0.29) is 37.5 Å². The van der Waals surface area contributed by atoms with Crippen LogP contribution in [0.5, 0.6) is 5.75 Å². The number of amides is 3. The fourth-order valence-electron chi connectivity index (χ4n) is 3.48. The van der Waals surface area contributed by atoms with E-state index in [2.05, 4.69) is 20.9 Å². The normalized spacial score (nSPS) is 13.5. The number of aliphatic imine (C=N–C) groups is 1. The van der Waals surface area contributed by atoms with E-state index in [0.29, 0.717) is 5.56 Å². The van der Waals surface area contributed by atoms with Crippen molar-refractivity contribution in [3.63, 3.8) is 0 Å². The Hall–Kier alpha value is -4.93. The van der Waals surface area contributed by atoms with Gasteiger partial charge in [0.05, 0.1) is 12.5 Å². The number of nitrogens with two attached hydrogens (primary N) is 3. The minimum atomic E-state index is -1.52. The molecule has 17 nitrogen and oxygen atoms in total. The first kappa shape index (κ1) is 34.1. The van der Waals surface area contributed by atoms with Gasteiger partial charge in [0, 0.05) is 19.4 Å². The highest BCUT2D eigenvalue weighted by Crippen LogP contribution is 2.12. The number of benzene rings is 1. The molecule has 41 heavy (non-hydrogen) atoms. The first-order valence-electron chi connectivity index (χ1n) is 12.4. The predicted molar refractivity (Wildman–Crippen MR) is 142 cm³/mol. The first-order chi connectivity index (χ1) is 19.2. The number of phenols is 1. The number of phenolic OH excluding ortho intramolecular Hbond substituents is 1. The fourth-order valence-corrected chi connectivity index (χ4v) is 3.48. The zero-order valence-corrected chi connectivity index (χ0v) is 22.0. The summed E-state index contributed by atoms with van der Waals surface area (Å²) < 4.78 is 0. The number of nitrogens with one attached hydrogen (secondary N) is 3. The minimum Gasteiger partial charge on any atom is -0.508 e. The van der Waals surface area contributed by atoms with Crippen LogP contribution in [0.2, 0.25) is 0 Å². The highest BCUT2D eigenvalue weighted by atomic mass is 16.4. The summed E-state index contributed by atoms with van der Waals surface area (Å²) in [5.41, 5.74) is 16.5. The van der Waals surface area contributed by atoms with Crippen molar-refractivity contribution in [2.75, 3.05) is 6.54 Å². The van der Waals surface area contributed by atoms with E-state index >= 15 is 0 Å². The largest absolute Gasteiger partial charge is 0.508 e. The van der Waals surface area contributed by atoms with Crippen molar-refractivity contribution in [1.29, 1.82) is 0 Å². The zero-order valence-electron chi connectivity index (χ0n) is 22.0. The molecule has 4 unspecified atom stereocenters. The monoisotopic (exact) mass is 581 g/mol. The van der Waals surface area contributed by atoms with Gasteiger partial charge in [-0.05, 0) is 37.0 Å². The topological polar surface area (TPSA) is 310 Å². The Labute approximate surface area is 234 Å². The Bertz CT molecular complexity index is 1120. The van der Waals surface area contributed by atoms with Crippen molar-refractivity contribution in [1.82, 2.24) is 16.0 Å². The number of aromatic hydroxyl groups is 1. The molecule has 0 heterocycles. The summed E-state index contributed by atoms with van der Waals surface area (Å²) in [5.74, 6) is -7.25. The summed E-state index contributed by atoms with van der Waals surface area (Å²) in [4.78, 5) is 76.2. The molecule has 17 heteroatoms. The van der Waals surface area contributed by atoms with Crippen LogP contribution in [0.1, 0.15) is 37.7 Å². The summed E-state index contributed by atoms with van der Waals surface area (Å²) >= 11 is 0. The third-order valence-corrected chi connectivity index (χ3v) is 5.58. The summed E-state index contributed by atoms with van der Waals surface area (Å²) in [6.45, 7) is 0.0871. The minimum absolute atomic E-state index is 0.0704. The summed E-state index contributed by atoms with van der Waals surface area (Å²) in [5, 5.41) is 43.9. The van der Waals surface area contributed by atoms with E-state index in [9.17, 15) is 39.0 Å². The van der Waals surface area contributed by atoms with Crippen molar-refractivity contribution in [3.05, 3.63) is 29.8 Å². The number of rotatable bonds is 18. The molecule has 3 amide bonds. The van der Waals surface area contributed by atoms with Crippen LogP contribution in [-0.4, -0.2) is 92.7 Å². The maximum atomic E-state index is 13.2. The van der Waals surface area contributed by atoms with Gasteiger partial charge in [-0.15, -0.1) is 0 Å². The number of carbonyl (C=O) groups is 6. The molecule has 0 aromatic heterocycles. The van der Waals surface area contributed by atoms with Gasteiger partial charge in [0.15, 0.2) is 5.96 Å². The van der Waals surface area contributed by atoms with E-state index < -0.39 is 79.1 Å². The molecule has 0 aliphatic carbocycles. The molecule has 1 aromatic rings. The lowest BCUT2D eigenvalue weighted by atomic mass is 10.0. The lowest BCUT2D eigenvalue weighted by Crippen LogP contribution is -2.57. The third-order valence-electron chi connectivity index (χ3n) is 5.58. The van der Waals surface area contributed by atoms with Gasteiger partial charge >= 0.3 is 17.9 Å². The molecule has 0 fully saturated rings. The SMILES string of the molecule is NC(N)=NCCCC(NC(=O)C(CCC(=O)O)NC(=O)C(Cc1ccc(O)cc1)NC(=O)C(N)CC(=O)O)C(=O)O. The number of nitrogens with zero attached hydrogens (tertiary/aromatic N) is 1. The molecule has 13 N–H and O–H groups in total. The first-order valence-corrected chi connectivity index (χ1v) is 12.4. The molecule has 0 bridgehead atoms. The zero-order chi connectivity index (χ0) is 31.1. The van der Waals surface area contributed by atoms with Gasteiger partial charge in [-0.25, -0.2) is 4.79 Å². The van der Waals surface area contributed by atoms with E-state index in [0.717, 1.165) is 0 Å². The highest BCUT2D eigenvalue weighted by molar-refractivity contribution is 5.95. The van der Waals surface area contributed by atoms with Crippen molar-refractivity contribution >= 4 is 41.6 Å². The Morgan fingerprint density at radius 2 is 1.34 bits per heavy atom. The van der Waals surface area contributed by atoms with Crippen LogP contribution in [0.25, 0.3) is 0 Å². The van der Waals surface area contributed by atoms with Crippen LogP contribution in [0, 0.1) is 0 Å². The number of carboxylic acid groups (broad SMARTS) is 3. The Balaban J connectivity index is 3.14. The molecule has 0 radical (unpaired) electrons. The molecular formula is C24H35N7O10. The van der Waals surface area contributed by atoms with E-state index in [1.165, 1.54) is 24.3 Å². The molecule has 0 saturated carbocycles. The van der Waals surface area contributed by atoms with Gasteiger partial charge in [-0.1, -0.05) is 12.1 Å². The van der Waals surface area contributed by atoms with E-state index in [1.54, 1.807) is 0 Å². The second-order valence-electron chi connectivity index (χ2n) is 8.98. The molecular weight excluding hydrogens is 546 g/mol. The van der Waals surface area contributed by atoms with Crippen LogP contribution in [-0.2, 0) is 35.2 Å². The van der Waals surface area contributed by atoms with Gasteiger partial charge in [0.2, 0.25) is 17.7 Å². The fraction of sp³-hybridized carbons (Fsp3) is 0.458. The highest BCUT2D eigenvalue weighted by Gasteiger charge is 2.31. The van der Waals surface area contributed by atoms with Gasteiger partial charge in [0.25, 0.3) is 0 Å². The second kappa shape index (κ2) is 16.9. The van der Waals surface area contributed by atoms with Crippen LogP contribution in [0.3, 0.4) is 0 Å². The molecule has 0 saturated heterocycles. The average molecular weight is 582 g/mol. The Kier molecular flexibility index (Phi) is 14.1. The van der Waals surface area contributed by atoms with Crippen LogP contribution in [0.4, 0.5) is 0 Å². The average Bonchev–Trinajstić information content (AvgIpc) is 2.87. The van der Waals surface area contributed by atoms with Crippen molar-refractivity contribution in [2.24, 2.45) is 22.2 Å². The quantitative estimate of drug-likeness (QED) is 0.0476. The van der Waals surface area contributed by atoms with Crippen molar-refractivity contribution in [3.8, 4) is 5.75 Å². The number of carbonyl (C=O) groups excluding carboxylic acids is 3. The standard InChI is InChI=1S/C24H35N7O10/c25-14(11-19(35)36)20(37)31-17(10-12-3-5-13(32)6-4-12)22(39)29-15(7-8-18(33)34)21(38)30-16(23(40)41)2-1-9-28-24(26)27/h3-6,14-17,32H,1-2,7-11,25H2,(H,29,39)(H,30,38)(H,31,37)(H,33,34)(H,35,36)(H,40,41)(H4,26,27,28).